The SMILES string of the molecule is Cc1ccc(N(c2ccc(C)cc2)c2ccc(C=Cc3cccc(C=Cc4ccc(N(c5ccc(C)cc5)c5ccc(C)cc5)cc4)c3)cc2)cc1. The summed E-state index contributed by atoms with van der Waals surface area (Å²) in [6, 6.07) is 61.0. The molecule has 52 heavy (non-hydrogen) atoms. The highest BCUT2D eigenvalue weighted by Gasteiger charge is 2.13. The lowest BCUT2D eigenvalue weighted by molar-refractivity contribution is 1.27. The largest absolute Gasteiger partial charge is 0.311 e. The second-order valence-corrected chi connectivity index (χ2v) is 13.5. The molecule has 0 heterocycles. The Bertz CT molecular complexity index is 2020. The van der Waals surface area contributed by atoms with Gasteiger partial charge in [0.1, 0.15) is 0 Å². The van der Waals surface area contributed by atoms with Crippen molar-refractivity contribution in [3.05, 3.63) is 214 Å². The molecule has 0 aromatic heterocycles. The molecule has 0 saturated heterocycles. The molecular formula is C50H44N2. The highest BCUT2D eigenvalue weighted by Crippen LogP contribution is 2.36. The molecule has 0 aliphatic rings. The minimum atomic E-state index is 1.13. The van der Waals surface area contributed by atoms with Crippen molar-refractivity contribution in [2.45, 2.75) is 27.7 Å². The average Bonchev–Trinajstić information content (AvgIpc) is 3.17. The highest BCUT2D eigenvalue weighted by atomic mass is 15.1. The van der Waals surface area contributed by atoms with E-state index < -0.39 is 0 Å². The van der Waals surface area contributed by atoms with Crippen LogP contribution in [-0.2, 0) is 0 Å². The monoisotopic (exact) mass is 672 g/mol. The fourth-order valence-electron chi connectivity index (χ4n) is 6.29. The smallest absolute Gasteiger partial charge is 0.0462 e. The second kappa shape index (κ2) is 15.7. The molecule has 0 aliphatic carbocycles. The van der Waals surface area contributed by atoms with Crippen molar-refractivity contribution in [1.82, 2.24) is 0 Å². The molecule has 0 bridgehead atoms. The van der Waals surface area contributed by atoms with Crippen molar-refractivity contribution < 1.29 is 0 Å². The summed E-state index contributed by atoms with van der Waals surface area (Å²) in [4.78, 5) is 4.61. The maximum absolute atomic E-state index is 2.31. The molecule has 0 radical (unpaired) electrons. The summed E-state index contributed by atoms with van der Waals surface area (Å²) in [5.41, 5.74) is 16.5. The molecule has 0 spiro atoms. The zero-order chi connectivity index (χ0) is 35.9. The predicted molar refractivity (Wildman–Crippen MR) is 225 cm³/mol. The quantitative estimate of drug-likeness (QED) is 0.133. The molecule has 0 atom stereocenters. The number of anilines is 6. The molecule has 7 aromatic carbocycles. The Morgan fingerprint density at radius 1 is 0.269 bits per heavy atom. The first-order chi connectivity index (χ1) is 25.4. The third-order valence-electron chi connectivity index (χ3n) is 9.32. The number of aryl methyl sites for hydroxylation is 4. The Hall–Kier alpha value is -6.38. The van der Waals surface area contributed by atoms with Crippen molar-refractivity contribution in [3.63, 3.8) is 0 Å². The zero-order valence-electron chi connectivity index (χ0n) is 30.4. The van der Waals surface area contributed by atoms with Crippen molar-refractivity contribution >= 4 is 58.4 Å². The Morgan fingerprint density at radius 3 is 0.769 bits per heavy atom. The van der Waals surface area contributed by atoms with Crippen molar-refractivity contribution in [1.29, 1.82) is 0 Å². The Morgan fingerprint density at radius 2 is 0.500 bits per heavy atom. The van der Waals surface area contributed by atoms with Crippen LogP contribution in [0.15, 0.2) is 170 Å². The minimum absolute atomic E-state index is 1.13. The van der Waals surface area contributed by atoms with E-state index in [0.29, 0.717) is 0 Å². The summed E-state index contributed by atoms with van der Waals surface area (Å²) in [7, 11) is 0. The van der Waals surface area contributed by atoms with Crippen LogP contribution in [0.4, 0.5) is 34.1 Å². The van der Waals surface area contributed by atoms with Gasteiger partial charge in [-0.05, 0) is 129 Å². The fraction of sp³-hybridized carbons (Fsp3) is 0.0800. The van der Waals surface area contributed by atoms with Gasteiger partial charge in [0.25, 0.3) is 0 Å². The minimum Gasteiger partial charge on any atom is -0.311 e. The van der Waals surface area contributed by atoms with Crippen LogP contribution >= 0.6 is 0 Å². The van der Waals surface area contributed by atoms with Gasteiger partial charge in [-0.15, -0.1) is 0 Å². The van der Waals surface area contributed by atoms with E-state index in [2.05, 4.69) is 232 Å². The van der Waals surface area contributed by atoms with Gasteiger partial charge in [0, 0.05) is 34.1 Å². The molecule has 0 unspecified atom stereocenters. The molecule has 0 N–H and O–H groups in total. The van der Waals surface area contributed by atoms with E-state index >= 15 is 0 Å². The Labute approximate surface area is 309 Å². The molecule has 7 rings (SSSR count). The van der Waals surface area contributed by atoms with Crippen LogP contribution in [0.3, 0.4) is 0 Å². The van der Waals surface area contributed by atoms with Gasteiger partial charge < -0.3 is 9.80 Å². The van der Waals surface area contributed by atoms with E-state index in [-0.39, 0.29) is 0 Å². The first kappa shape index (κ1) is 34.1. The van der Waals surface area contributed by atoms with Gasteiger partial charge >= 0.3 is 0 Å². The van der Waals surface area contributed by atoms with Gasteiger partial charge in [-0.25, -0.2) is 0 Å². The van der Waals surface area contributed by atoms with Crippen LogP contribution in [0.5, 0.6) is 0 Å². The highest BCUT2D eigenvalue weighted by molar-refractivity contribution is 5.80. The Balaban J connectivity index is 1.05. The number of benzene rings is 7. The first-order valence-electron chi connectivity index (χ1n) is 17.9. The Kier molecular flexibility index (Phi) is 10.3. The lowest BCUT2D eigenvalue weighted by Gasteiger charge is -2.25. The van der Waals surface area contributed by atoms with Crippen molar-refractivity contribution in [3.8, 4) is 0 Å². The molecule has 254 valence electrons. The molecule has 7 aromatic rings. The van der Waals surface area contributed by atoms with E-state index in [1.165, 1.54) is 22.3 Å². The van der Waals surface area contributed by atoms with Gasteiger partial charge in [0.2, 0.25) is 0 Å². The summed E-state index contributed by atoms with van der Waals surface area (Å²) < 4.78 is 0. The van der Waals surface area contributed by atoms with E-state index in [9.17, 15) is 0 Å². The molecule has 0 amide bonds. The van der Waals surface area contributed by atoms with Gasteiger partial charge in [0.05, 0.1) is 0 Å². The third-order valence-corrected chi connectivity index (χ3v) is 9.32. The number of hydrogen-bond donors (Lipinski definition) is 0. The summed E-state index contributed by atoms with van der Waals surface area (Å²) in [5.74, 6) is 0. The maximum Gasteiger partial charge on any atom is 0.0462 e. The van der Waals surface area contributed by atoms with E-state index in [4.69, 9.17) is 0 Å². The average molecular weight is 673 g/mol. The van der Waals surface area contributed by atoms with Crippen LogP contribution in [0, 0.1) is 27.7 Å². The second-order valence-electron chi connectivity index (χ2n) is 13.5. The van der Waals surface area contributed by atoms with Crippen LogP contribution in [0.25, 0.3) is 24.3 Å². The van der Waals surface area contributed by atoms with Crippen molar-refractivity contribution in [2.24, 2.45) is 0 Å². The van der Waals surface area contributed by atoms with E-state index in [1.54, 1.807) is 0 Å². The van der Waals surface area contributed by atoms with Crippen LogP contribution in [-0.4, -0.2) is 0 Å². The van der Waals surface area contributed by atoms with E-state index in [0.717, 1.165) is 56.4 Å². The summed E-state index contributed by atoms with van der Waals surface area (Å²) in [5, 5.41) is 0. The molecule has 2 heteroatoms. The summed E-state index contributed by atoms with van der Waals surface area (Å²) in [6.07, 6.45) is 8.73. The zero-order valence-corrected chi connectivity index (χ0v) is 30.4. The number of nitrogens with zero attached hydrogens (tertiary/aromatic N) is 2. The van der Waals surface area contributed by atoms with Gasteiger partial charge in [0.15, 0.2) is 0 Å². The van der Waals surface area contributed by atoms with E-state index in [1.807, 2.05) is 0 Å². The van der Waals surface area contributed by atoms with Crippen molar-refractivity contribution in [2.75, 3.05) is 9.80 Å². The topological polar surface area (TPSA) is 6.48 Å². The maximum atomic E-state index is 2.31. The fourth-order valence-corrected chi connectivity index (χ4v) is 6.29. The third kappa shape index (κ3) is 8.31. The van der Waals surface area contributed by atoms with Crippen LogP contribution < -0.4 is 9.80 Å². The molecule has 0 saturated carbocycles. The molecule has 0 fully saturated rings. The van der Waals surface area contributed by atoms with Gasteiger partial charge in [-0.3, -0.25) is 0 Å². The molecule has 0 aliphatic heterocycles. The van der Waals surface area contributed by atoms with Gasteiger partial charge in [-0.2, -0.15) is 0 Å². The summed E-state index contributed by atoms with van der Waals surface area (Å²) in [6.45, 7) is 8.50. The number of rotatable bonds is 10. The normalized spacial score (nSPS) is 11.3. The lowest BCUT2D eigenvalue weighted by Crippen LogP contribution is -2.09. The summed E-state index contributed by atoms with van der Waals surface area (Å²) >= 11 is 0. The standard InChI is InChI=1S/C50H44N2/c1-37-8-24-45(25-9-37)51(46-26-10-38(2)11-27-46)49-32-20-41(21-33-49)16-18-43-6-5-7-44(36-43)19-17-42-22-34-50(35-23-42)52(47-28-12-39(3)13-29-47)48-30-14-40(4)15-31-48/h5-36H,1-4H3. The predicted octanol–water partition coefficient (Wildman–Crippen LogP) is 14.2. The molecule has 2 nitrogen and oxygen atoms in total. The van der Waals surface area contributed by atoms with Crippen LogP contribution in [0.1, 0.15) is 44.5 Å². The lowest BCUT2D eigenvalue weighted by atomic mass is 10.1. The number of hydrogen-bond acceptors (Lipinski definition) is 2. The van der Waals surface area contributed by atoms with Gasteiger partial charge in [-0.1, -0.05) is 138 Å². The molecular weight excluding hydrogens is 629 g/mol. The first-order valence-corrected chi connectivity index (χ1v) is 17.9. The van der Waals surface area contributed by atoms with Crippen LogP contribution in [0.2, 0.25) is 0 Å².